The average molecular weight is 388 g/mol. The van der Waals surface area contributed by atoms with Gasteiger partial charge in [0.05, 0.1) is 0 Å². The number of carbonyl (C=O) groups is 1. The minimum absolute atomic E-state index is 0. The van der Waals surface area contributed by atoms with Gasteiger partial charge >= 0.3 is 0 Å². The van der Waals surface area contributed by atoms with Crippen LogP contribution in [0.1, 0.15) is 41.6 Å². The van der Waals surface area contributed by atoms with Crippen molar-refractivity contribution in [2.24, 2.45) is 5.92 Å². The summed E-state index contributed by atoms with van der Waals surface area (Å²) in [7, 11) is 0. The van der Waals surface area contributed by atoms with E-state index in [9.17, 15) is 4.79 Å². The second-order valence-corrected chi connectivity index (χ2v) is 7.35. The van der Waals surface area contributed by atoms with Crippen LogP contribution in [-0.2, 0) is 0 Å². The van der Waals surface area contributed by atoms with E-state index in [0.29, 0.717) is 6.04 Å². The predicted octanol–water partition coefficient (Wildman–Crippen LogP) is 3.78. The summed E-state index contributed by atoms with van der Waals surface area (Å²) in [4.78, 5) is 14.6. The topological polar surface area (TPSA) is 32.3 Å². The van der Waals surface area contributed by atoms with Crippen molar-refractivity contribution in [1.82, 2.24) is 10.2 Å². The zero-order chi connectivity index (χ0) is 14.8. The van der Waals surface area contributed by atoms with Gasteiger partial charge in [0.15, 0.2) is 0 Å². The Morgan fingerprint density at radius 3 is 2.50 bits per heavy atom. The van der Waals surface area contributed by atoms with Gasteiger partial charge in [-0.25, -0.2) is 0 Å². The number of carbonyl (C=O) groups excluding carboxylic acids is 1. The molecule has 22 heavy (non-hydrogen) atoms. The first-order chi connectivity index (χ1) is 10.1. The van der Waals surface area contributed by atoms with Gasteiger partial charge in [0.25, 0.3) is 5.91 Å². The van der Waals surface area contributed by atoms with Crippen molar-refractivity contribution >= 4 is 34.2 Å². The Morgan fingerprint density at radius 2 is 1.91 bits per heavy atom. The minimum Gasteiger partial charge on any atom is -0.339 e. The maximum Gasteiger partial charge on any atom is 0.253 e. The van der Waals surface area contributed by atoms with Crippen LogP contribution < -0.4 is 5.32 Å². The highest BCUT2D eigenvalue weighted by Crippen LogP contribution is 2.28. The van der Waals surface area contributed by atoms with E-state index >= 15 is 0 Å². The molecule has 1 saturated carbocycles. The molecule has 1 amide bonds. The van der Waals surface area contributed by atoms with E-state index in [2.05, 4.69) is 21.2 Å². The van der Waals surface area contributed by atoms with Gasteiger partial charge in [-0.05, 0) is 68.8 Å². The number of amides is 1. The Kier molecular flexibility index (Phi) is 6.30. The van der Waals surface area contributed by atoms with Crippen LogP contribution >= 0.6 is 28.3 Å². The Balaban J connectivity index is 0.00000176. The fourth-order valence-electron chi connectivity index (χ4n) is 2.98. The summed E-state index contributed by atoms with van der Waals surface area (Å²) in [6.07, 6.45) is 4.94. The van der Waals surface area contributed by atoms with E-state index < -0.39 is 0 Å². The van der Waals surface area contributed by atoms with Gasteiger partial charge in [-0.1, -0.05) is 15.9 Å². The number of benzene rings is 1. The van der Waals surface area contributed by atoms with Crippen LogP contribution in [0.2, 0.25) is 0 Å². The zero-order valence-corrected chi connectivity index (χ0v) is 15.4. The lowest BCUT2D eigenvalue weighted by Gasteiger charge is -2.32. The van der Waals surface area contributed by atoms with Crippen LogP contribution in [-0.4, -0.2) is 36.5 Å². The normalized spacial score (nSPS) is 18.9. The standard InChI is InChI=1S/C17H23BrN2O.ClH/c1-12-8-14(10-15(18)9-12)17(21)20-6-4-16(5-7-20)19-11-13-2-3-13;/h8-10,13,16,19H,2-7,11H2,1H3;1H. The van der Waals surface area contributed by atoms with Gasteiger partial charge < -0.3 is 10.2 Å². The molecule has 3 rings (SSSR count). The second kappa shape index (κ2) is 7.80. The van der Waals surface area contributed by atoms with Crippen molar-refractivity contribution in [2.75, 3.05) is 19.6 Å². The number of rotatable bonds is 4. The van der Waals surface area contributed by atoms with Crippen molar-refractivity contribution in [1.29, 1.82) is 0 Å². The van der Waals surface area contributed by atoms with E-state index in [1.54, 1.807) is 0 Å². The lowest BCUT2D eigenvalue weighted by Crippen LogP contribution is -2.45. The molecule has 1 aromatic rings. The lowest BCUT2D eigenvalue weighted by molar-refractivity contribution is 0.0705. The molecule has 1 aliphatic heterocycles. The quantitative estimate of drug-likeness (QED) is 0.852. The molecule has 0 spiro atoms. The highest BCUT2D eigenvalue weighted by atomic mass is 79.9. The smallest absolute Gasteiger partial charge is 0.253 e. The van der Waals surface area contributed by atoms with Crippen molar-refractivity contribution in [3.05, 3.63) is 33.8 Å². The number of likely N-dealkylation sites (tertiary alicyclic amines) is 1. The van der Waals surface area contributed by atoms with Crippen LogP contribution in [0, 0.1) is 12.8 Å². The maximum absolute atomic E-state index is 12.6. The molecular weight excluding hydrogens is 364 g/mol. The van der Waals surface area contributed by atoms with Gasteiger partial charge in [0.1, 0.15) is 0 Å². The summed E-state index contributed by atoms with van der Waals surface area (Å²) in [5.74, 6) is 1.09. The molecule has 1 N–H and O–H groups in total. The molecule has 0 unspecified atom stereocenters. The Hall–Kier alpha value is -0.580. The predicted molar refractivity (Wildman–Crippen MR) is 95.8 cm³/mol. The molecule has 1 heterocycles. The Morgan fingerprint density at radius 1 is 1.23 bits per heavy atom. The monoisotopic (exact) mass is 386 g/mol. The van der Waals surface area contributed by atoms with E-state index in [1.807, 2.05) is 30.0 Å². The molecule has 3 nitrogen and oxygen atoms in total. The molecule has 1 saturated heterocycles. The highest BCUT2D eigenvalue weighted by Gasteiger charge is 2.26. The zero-order valence-electron chi connectivity index (χ0n) is 13.0. The van der Waals surface area contributed by atoms with Gasteiger partial charge in [0.2, 0.25) is 0 Å². The summed E-state index contributed by atoms with van der Waals surface area (Å²) in [6.45, 7) is 4.93. The van der Waals surface area contributed by atoms with Gasteiger partial charge in [-0.3, -0.25) is 4.79 Å². The van der Waals surface area contributed by atoms with Crippen molar-refractivity contribution < 1.29 is 4.79 Å². The Labute approximate surface area is 147 Å². The van der Waals surface area contributed by atoms with Crippen molar-refractivity contribution in [2.45, 2.75) is 38.6 Å². The number of nitrogens with one attached hydrogen (secondary N) is 1. The first-order valence-corrected chi connectivity index (χ1v) is 8.71. The molecule has 122 valence electrons. The van der Waals surface area contributed by atoms with Crippen molar-refractivity contribution in [3.63, 3.8) is 0 Å². The Bertz CT molecular complexity index is 505. The van der Waals surface area contributed by atoms with Gasteiger partial charge in [-0.2, -0.15) is 0 Å². The summed E-state index contributed by atoms with van der Waals surface area (Å²) < 4.78 is 0.979. The molecule has 0 radical (unpaired) electrons. The molecule has 5 heteroatoms. The molecule has 1 aliphatic carbocycles. The number of hydrogen-bond donors (Lipinski definition) is 1. The molecule has 2 fully saturated rings. The number of halogens is 2. The van der Waals surface area contributed by atoms with E-state index in [0.717, 1.165) is 47.4 Å². The molecular formula is C17H24BrClN2O. The average Bonchev–Trinajstić information content (AvgIpc) is 3.28. The number of hydrogen-bond acceptors (Lipinski definition) is 2. The summed E-state index contributed by atoms with van der Waals surface area (Å²) >= 11 is 3.47. The van der Waals surface area contributed by atoms with E-state index in [4.69, 9.17) is 0 Å². The number of piperidine rings is 1. The number of nitrogens with zero attached hydrogens (tertiary/aromatic N) is 1. The van der Waals surface area contributed by atoms with Gasteiger partial charge in [0, 0.05) is 29.2 Å². The summed E-state index contributed by atoms with van der Waals surface area (Å²) in [5, 5.41) is 3.66. The fourth-order valence-corrected chi connectivity index (χ4v) is 3.59. The lowest BCUT2D eigenvalue weighted by atomic mass is 10.0. The van der Waals surface area contributed by atoms with E-state index in [-0.39, 0.29) is 18.3 Å². The number of aryl methyl sites for hydroxylation is 1. The van der Waals surface area contributed by atoms with Crippen LogP contribution in [0.15, 0.2) is 22.7 Å². The third kappa shape index (κ3) is 4.71. The molecule has 1 aromatic carbocycles. The summed E-state index contributed by atoms with van der Waals surface area (Å²) in [6, 6.07) is 6.53. The van der Waals surface area contributed by atoms with Crippen LogP contribution in [0.3, 0.4) is 0 Å². The largest absolute Gasteiger partial charge is 0.339 e. The second-order valence-electron chi connectivity index (χ2n) is 6.44. The SMILES string of the molecule is Cc1cc(Br)cc(C(=O)N2CCC(NCC3CC3)CC2)c1.Cl. The molecule has 2 aliphatic rings. The summed E-state index contributed by atoms with van der Waals surface area (Å²) in [5.41, 5.74) is 1.92. The van der Waals surface area contributed by atoms with E-state index in [1.165, 1.54) is 19.4 Å². The third-order valence-electron chi connectivity index (χ3n) is 4.46. The van der Waals surface area contributed by atoms with Crippen LogP contribution in [0.5, 0.6) is 0 Å². The fraction of sp³-hybridized carbons (Fsp3) is 0.588. The third-order valence-corrected chi connectivity index (χ3v) is 4.92. The van der Waals surface area contributed by atoms with Gasteiger partial charge in [-0.15, -0.1) is 12.4 Å². The van der Waals surface area contributed by atoms with Crippen LogP contribution in [0.25, 0.3) is 0 Å². The molecule has 0 bridgehead atoms. The first-order valence-electron chi connectivity index (χ1n) is 7.91. The first kappa shape index (κ1) is 17.8. The highest BCUT2D eigenvalue weighted by molar-refractivity contribution is 9.10. The minimum atomic E-state index is 0. The van der Waals surface area contributed by atoms with Crippen molar-refractivity contribution in [3.8, 4) is 0 Å². The molecule has 0 aromatic heterocycles. The molecule has 0 atom stereocenters. The van der Waals surface area contributed by atoms with Crippen LogP contribution in [0.4, 0.5) is 0 Å². The maximum atomic E-state index is 12.6.